The van der Waals surface area contributed by atoms with Gasteiger partial charge in [0.2, 0.25) is 0 Å². The first kappa shape index (κ1) is 13.4. The maximum absolute atomic E-state index is 2.71. The second-order valence-electron chi connectivity index (χ2n) is 5.91. The minimum atomic E-state index is 1.25. The average Bonchev–Trinajstić information content (AvgIpc) is 2.24. The molecule has 0 amide bonds. The molecule has 0 radical (unpaired) electrons. The first-order chi connectivity index (χ1) is 8.45. The van der Waals surface area contributed by atoms with Crippen LogP contribution in [0.5, 0.6) is 0 Å². The van der Waals surface area contributed by atoms with Crippen LogP contribution in [0.4, 0.5) is 0 Å². The van der Waals surface area contributed by atoms with Gasteiger partial charge in [-0.05, 0) is 51.9 Å². The third kappa shape index (κ3) is 5.39. The van der Waals surface area contributed by atoms with Crippen molar-refractivity contribution in [1.29, 1.82) is 0 Å². The Morgan fingerprint density at radius 3 is 1.06 bits per heavy atom. The molecule has 17 heavy (non-hydrogen) atoms. The average molecular weight is 238 g/mol. The van der Waals surface area contributed by atoms with Crippen LogP contribution in [-0.4, -0.2) is 42.6 Å². The summed E-state index contributed by atoms with van der Waals surface area (Å²) in [6.45, 7) is 6.62. The summed E-state index contributed by atoms with van der Waals surface area (Å²) in [6, 6.07) is 0. The van der Waals surface area contributed by atoms with E-state index in [4.69, 9.17) is 0 Å². The molecule has 0 atom stereocenters. The van der Waals surface area contributed by atoms with E-state index in [1.54, 1.807) is 0 Å². The molecule has 0 aliphatic carbocycles. The Morgan fingerprint density at radius 1 is 0.412 bits per heavy atom. The van der Waals surface area contributed by atoms with Gasteiger partial charge in [-0.3, -0.25) is 9.80 Å². The van der Waals surface area contributed by atoms with Crippen LogP contribution in [0.1, 0.15) is 64.2 Å². The topological polar surface area (TPSA) is 6.48 Å². The maximum atomic E-state index is 2.71. The summed E-state index contributed by atoms with van der Waals surface area (Å²) < 4.78 is 0. The summed E-state index contributed by atoms with van der Waals surface area (Å²) in [5.74, 6) is 0. The SMILES string of the molecule is C1CCCN(CN2CCCCCCC2)CCC1. The smallest absolute Gasteiger partial charge is 0.0506 e. The van der Waals surface area contributed by atoms with E-state index in [0.717, 1.165) is 0 Å². The van der Waals surface area contributed by atoms with Gasteiger partial charge in [-0.15, -0.1) is 0 Å². The lowest BCUT2D eigenvalue weighted by Gasteiger charge is -2.32. The first-order valence-corrected chi connectivity index (χ1v) is 7.90. The van der Waals surface area contributed by atoms with Crippen molar-refractivity contribution in [1.82, 2.24) is 9.80 Å². The van der Waals surface area contributed by atoms with Gasteiger partial charge in [0.15, 0.2) is 0 Å². The van der Waals surface area contributed by atoms with E-state index in [1.165, 1.54) is 97.1 Å². The van der Waals surface area contributed by atoms with E-state index in [-0.39, 0.29) is 0 Å². The molecule has 0 saturated carbocycles. The van der Waals surface area contributed by atoms with E-state index >= 15 is 0 Å². The quantitative estimate of drug-likeness (QED) is 0.727. The van der Waals surface area contributed by atoms with Gasteiger partial charge in [0.1, 0.15) is 0 Å². The molecule has 0 bridgehead atoms. The van der Waals surface area contributed by atoms with Crippen molar-refractivity contribution >= 4 is 0 Å². The van der Waals surface area contributed by atoms with E-state index < -0.39 is 0 Å². The maximum Gasteiger partial charge on any atom is 0.0506 e. The number of rotatable bonds is 2. The van der Waals surface area contributed by atoms with Crippen molar-refractivity contribution in [2.24, 2.45) is 0 Å². The molecule has 2 heterocycles. The number of likely N-dealkylation sites (tertiary alicyclic amines) is 2. The van der Waals surface area contributed by atoms with Crippen molar-refractivity contribution in [2.45, 2.75) is 64.2 Å². The van der Waals surface area contributed by atoms with Crippen LogP contribution in [0.15, 0.2) is 0 Å². The predicted molar refractivity (Wildman–Crippen MR) is 74.2 cm³/mol. The van der Waals surface area contributed by atoms with Gasteiger partial charge < -0.3 is 0 Å². The van der Waals surface area contributed by atoms with Gasteiger partial charge in [0.25, 0.3) is 0 Å². The Hall–Kier alpha value is -0.0800. The van der Waals surface area contributed by atoms with Crippen LogP contribution in [0.3, 0.4) is 0 Å². The van der Waals surface area contributed by atoms with Gasteiger partial charge >= 0.3 is 0 Å². The number of hydrogen-bond acceptors (Lipinski definition) is 2. The van der Waals surface area contributed by atoms with Crippen LogP contribution in [0.25, 0.3) is 0 Å². The molecular weight excluding hydrogens is 208 g/mol. The van der Waals surface area contributed by atoms with Crippen LogP contribution in [-0.2, 0) is 0 Å². The van der Waals surface area contributed by atoms with Crippen LogP contribution in [0.2, 0.25) is 0 Å². The normalized spacial score (nSPS) is 26.8. The molecule has 0 aromatic carbocycles. The van der Waals surface area contributed by atoms with Gasteiger partial charge in [0, 0.05) is 0 Å². The largest absolute Gasteiger partial charge is 0.290 e. The molecule has 100 valence electrons. The summed E-state index contributed by atoms with van der Waals surface area (Å²) in [5.41, 5.74) is 0. The van der Waals surface area contributed by atoms with Crippen LogP contribution in [0, 0.1) is 0 Å². The molecule has 0 spiro atoms. The summed E-state index contributed by atoms with van der Waals surface area (Å²) >= 11 is 0. The molecule has 2 heteroatoms. The summed E-state index contributed by atoms with van der Waals surface area (Å²) in [4.78, 5) is 5.42. The van der Waals surface area contributed by atoms with Crippen molar-refractivity contribution in [3.8, 4) is 0 Å². The molecule has 2 saturated heterocycles. The Kier molecular flexibility index (Phi) is 6.36. The van der Waals surface area contributed by atoms with Crippen molar-refractivity contribution in [3.05, 3.63) is 0 Å². The van der Waals surface area contributed by atoms with Crippen LogP contribution < -0.4 is 0 Å². The van der Waals surface area contributed by atoms with Gasteiger partial charge in [0.05, 0.1) is 6.67 Å². The lowest BCUT2D eigenvalue weighted by atomic mass is 10.1. The van der Waals surface area contributed by atoms with Gasteiger partial charge in [-0.1, -0.05) is 38.5 Å². The second kappa shape index (κ2) is 8.10. The summed E-state index contributed by atoms with van der Waals surface area (Å²) in [5, 5.41) is 0. The fraction of sp³-hybridized carbons (Fsp3) is 1.00. The molecule has 0 aromatic rings. The third-order valence-electron chi connectivity index (χ3n) is 4.30. The van der Waals surface area contributed by atoms with E-state index in [2.05, 4.69) is 9.80 Å². The zero-order valence-electron chi connectivity index (χ0n) is 11.5. The van der Waals surface area contributed by atoms with Crippen molar-refractivity contribution < 1.29 is 0 Å². The van der Waals surface area contributed by atoms with Gasteiger partial charge in [-0.25, -0.2) is 0 Å². The Bertz CT molecular complexity index is 157. The Morgan fingerprint density at radius 2 is 0.706 bits per heavy atom. The molecule has 2 aliphatic rings. The summed E-state index contributed by atoms with van der Waals surface area (Å²) in [6.07, 6.45) is 14.5. The Labute approximate surface area is 107 Å². The van der Waals surface area contributed by atoms with E-state index in [0.29, 0.717) is 0 Å². The fourth-order valence-corrected chi connectivity index (χ4v) is 3.19. The molecule has 2 rings (SSSR count). The highest BCUT2D eigenvalue weighted by Gasteiger charge is 2.13. The third-order valence-corrected chi connectivity index (χ3v) is 4.30. The molecule has 0 unspecified atom stereocenters. The van der Waals surface area contributed by atoms with E-state index in [1.807, 2.05) is 0 Å². The zero-order chi connectivity index (χ0) is 11.8. The van der Waals surface area contributed by atoms with Crippen molar-refractivity contribution in [2.75, 3.05) is 32.8 Å². The zero-order valence-corrected chi connectivity index (χ0v) is 11.5. The predicted octanol–water partition coefficient (Wildman–Crippen LogP) is 3.48. The fourth-order valence-electron chi connectivity index (χ4n) is 3.19. The highest BCUT2D eigenvalue weighted by atomic mass is 15.3. The molecule has 0 N–H and O–H groups in total. The Balaban J connectivity index is 1.72. The van der Waals surface area contributed by atoms with Crippen LogP contribution >= 0.6 is 0 Å². The highest BCUT2D eigenvalue weighted by Crippen LogP contribution is 2.14. The summed E-state index contributed by atoms with van der Waals surface area (Å²) in [7, 11) is 0. The lowest BCUT2D eigenvalue weighted by molar-refractivity contribution is 0.115. The number of hydrogen-bond donors (Lipinski definition) is 0. The first-order valence-electron chi connectivity index (χ1n) is 7.90. The standard InChI is InChI=1S/C15H30N2/c1-3-7-11-16(12-8-4-1)15-17-13-9-5-2-6-10-14-17/h1-15H2. The van der Waals surface area contributed by atoms with Gasteiger partial charge in [-0.2, -0.15) is 0 Å². The monoisotopic (exact) mass is 238 g/mol. The second-order valence-corrected chi connectivity index (χ2v) is 5.91. The number of nitrogens with zero attached hydrogens (tertiary/aromatic N) is 2. The molecular formula is C15H30N2. The molecule has 2 nitrogen and oxygen atoms in total. The van der Waals surface area contributed by atoms with Crippen molar-refractivity contribution in [3.63, 3.8) is 0 Å². The minimum absolute atomic E-state index is 1.25. The molecule has 2 aliphatic heterocycles. The minimum Gasteiger partial charge on any atom is -0.290 e. The van der Waals surface area contributed by atoms with E-state index in [9.17, 15) is 0 Å². The highest BCUT2D eigenvalue weighted by molar-refractivity contribution is 4.66. The molecule has 0 aromatic heterocycles. The molecule has 2 fully saturated rings. The lowest BCUT2D eigenvalue weighted by Crippen LogP contribution is -2.40.